The van der Waals surface area contributed by atoms with Gasteiger partial charge in [-0.2, -0.15) is 4.68 Å². The Morgan fingerprint density at radius 2 is 1.68 bits per heavy atom. The Morgan fingerprint density at radius 1 is 1.00 bits per heavy atom. The summed E-state index contributed by atoms with van der Waals surface area (Å²) in [6.45, 7) is 0.191. The average molecular weight is 300 g/mol. The fourth-order valence-electron chi connectivity index (χ4n) is 1.90. The molecule has 2 aromatic carbocycles. The maximum absolute atomic E-state index is 13.0. The quantitative estimate of drug-likeness (QED) is 0.724. The molecule has 0 atom stereocenters. The number of hydrogen-bond acceptors (Lipinski definition) is 5. The van der Waals surface area contributed by atoms with Gasteiger partial charge in [0.25, 0.3) is 0 Å². The van der Waals surface area contributed by atoms with Crippen molar-refractivity contribution in [2.75, 3.05) is 7.11 Å². The molecule has 0 aliphatic heterocycles. The topological polar surface area (TPSA) is 62.1 Å². The number of rotatable bonds is 5. The van der Waals surface area contributed by atoms with Gasteiger partial charge >= 0.3 is 0 Å². The highest BCUT2D eigenvalue weighted by molar-refractivity contribution is 5.32. The van der Waals surface area contributed by atoms with Gasteiger partial charge in [0.1, 0.15) is 23.9 Å². The second-order valence-corrected chi connectivity index (χ2v) is 4.45. The minimum atomic E-state index is -0.312. The zero-order chi connectivity index (χ0) is 15.4. The van der Waals surface area contributed by atoms with Crippen LogP contribution in [0.25, 0.3) is 5.69 Å². The highest BCUT2D eigenvalue weighted by Crippen LogP contribution is 2.18. The molecule has 3 aromatic rings. The third kappa shape index (κ3) is 3.03. The lowest BCUT2D eigenvalue weighted by Gasteiger charge is -2.07. The highest BCUT2D eigenvalue weighted by atomic mass is 19.1. The van der Waals surface area contributed by atoms with Crippen LogP contribution in [0.15, 0.2) is 48.5 Å². The molecule has 3 rings (SSSR count). The molecule has 22 heavy (non-hydrogen) atoms. The molecule has 112 valence electrons. The van der Waals surface area contributed by atoms with E-state index in [4.69, 9.17) is 9.47 Å². The number of tetrazole rings is 1. The molecular weight excluding hydrogens is 287 g/mol. The Bertz CT molecular complexity index is 741. The summed E-state index contributed by atoms with van der Waals surface area (Å²) in [5.74, 6) is 1.63. The number of benzene rings is 2. The van der Waals surface area contributed by atoms with E-state index in [1.54, 1.807) is 43.5 Å². The highest BCUT2D eigenvalue weighted by Gasteiger charge is 2.09. The SMILES string of the molecule is COc1ccc(OCc2nnnn2-c2ccc(F)cc2)cc1. The van der Waals surface area contributed by atoms with Crippen molar-refractivity contribution in [1.29, 1.82) is 0 Å². The Hall–Kier alpha value is -2.96. The van der Waals surface area contributed by atoms with Crippen molar-refractivity contribution >= 4 is 0 Å². The molecule has 0 unspecified atom stereocenters. The number of halogens is 1. The van der Waals surface area contributed by atoms with Gasteiger partial charge in [-0.3, -0.25) is 0 Å². The van der Waals surface area contributed by atoms with Gasteiger partial charge in [0, 0.05) is 0 Å². The molecule has 0 N–H and O–H groups in total. The lowest BCUT2D eigenvalue weighted by molar-refractivity contribution is 0.291. The fourth-order valence-corrected chi connectivity index (χ4v) is 1.90. The molecule has 0 bridgehead atoms. The Balaban J connectivity index is 1.73. The van der Waals surface area contributed by atoms with Crippen molar-refractivity contribution in [3.05, 3.63) is 60.2 Å². The van der Waals surface area contributed by atoms with Gasteiger partial charge in [-0.25, -0.2) is 4.39 Å². The predicted molar refractivity (Wildman–Crippen MR) is 76.4 cm³/mol. The summed E-state index contributed by atoms with van der Waals surface area (Å²) < 4.78 is 25.2. The minimum Gasteiger partial charge on any atom is -0.497 e. The van der Waals surface area contributed by atoms with Gasteiger partial charge in [-0.1, -0.05) is 0 Å². The Labute approximate surface area is 126 Å². The van der Waals surface area contributed by atoms with Crippen molar-refractivity contribution in [2.24, 2.45) is 0 Å². The van der Waals surface area contributed by atoms with Crippen LogP contribution < -0.4 is 9.47 Å². The first-order valence-electron chi connectivity index (χ1n) is 6.56. The second kappa shape index (κ2) is 6.21. The van der Waals surface area contributed by atoms with Crippen molar-refractivity contribution in [3.63, 3.8) is 0 Å². The van der Waals surface area contributed by atoms with E-state index in [2.05, 4.69) is 15.5 Å². The van der Waals surface area contributed by atoms with E-state index in [1.165, 1.54) is 16.8 Å². The van der Waals surface area contributed by atoms with Crippen molar-refractivity contribution in [2.45, 2.75) is 6.61 Å². The van der Waals surface area contributed by atoms with E-state index < -0.39 is 0 Å². The lowest BCUT2D eigenvalue weighted by Crippen LogP contribution is -2.07. The van der Waals surface area contributed by atoms with Crippen LogP contribution in [0.5, 0.6) is 11.5 Å². The summed E-state index contributed by atoms with van der Waals surface area (Å²) in [6.07, 6.45) is 0. The Kier molecular flexibility index (Phi) is 3.95. The van der Waals surface area contributed by atoms with Crippen molar-refractivity contribution in [1.82, 2.24) is 20.2 Å². The number of nitrogens with zero attached hydrogens (tertiary/aromatic N) is 4. The Morgan fingerprint density at radius 3 is 2.36 bits per heavy atom. The fraction of sp³-hybridized carbons (Fsp3) is 0.133. The largest absolute Gasteiger partial charge is 0.497 e. The molecule has 1 aromatic heterocycles. The summed E-state index contributed by atoms with van der Waals surface area (Å²) in [5, 5.41) is 11.4. The average Bonchev–Trinajstić information content (AvgIpc) is 3.02. The van der Waals surface area contributed by atoms with Crippen molar-refractivity contribution in [3.8, 4) is 17.2 Å². The zero-order valence-corrected chi connectivity index (χ0v) is 11.8. The molecule has 0 aliphatic rings. The van der Waals surface area contributed by atoms with E-state index in [-0.39, 0.29) is 12.4 Å². The molecule has 7 heteroatoms. The van der Waals surface area contributed by atoms with Gasteiger partial charge in [0.15, 0.2) is 5.82 Å². The molecule has 0 saturated carbocycles. The first kappa shape index (κ1) is 14.0. The monoisotopic (exact) mass is 300 g/mol. The molecule has 1 heterocycles. The lowest BCUT2D eigenvalue weighted by atomic mass is 10.3. The summed E-state index contributed by atoms with van der Waals surface area (Å²) in [4.78, 5) is 0. The molecule has 0 aliphatic carbocycles. The molecular formula is C15H13FN4O2. The van der Waals surface area contributed by atoms with Crippen LogP contribution in [0.4, 0.5) is 4.39 Å². The number of hydrogen-bond donors (Lipinski definition) is 0. The molecule has 0 radical (unpaired) electrons. The maximum atomic E-state index is 13.0. The molecule has 0 amide bonds. The second-order valence-electron chi connectivity index (χ2n) is 4.45. The van der Waals surface area contributed by atoms with Gasteiger partial charge in [0.2, 0.25) is 0 Å². The van der Waals surface area contributed by atoms with Crippen LogP contribution in [0.1, 0.15) is 5.82 Å². The number of aromatic nitrogens is 4. The molecule has 0 saturated heterocycles. The van der Waals surface area contributed by atoms with E-state index in [1.807, 2.05) is 0 Å². The standard InChI is InChI=1S/C15H13FN4O2/c1-21-13-6-8-14(9-7-13)22-10-15-17-18-19-20(15)12-4-2-11(16)3-5-12/h2-9H,10H2,1H3. The van der Waals surface area contributed by atoms with E-state index in [9.17, 15) is 4.39 Å². The zero-order valence-electron chi connectivity index (χ0n) is 11.8. The summed E-state index contributed by atoms with van der Waals surface area (Å²) in [6, 6.07) is 13.1. The normalized spacial score (nSPS) is 10.5. The first-order chi connectivity index (χ1) is 10.8. The summed E-state index contributed by atoms with van der Waals surface area (Å²) >= 11 is 0. The summed E-state index contributed by atoms with van der Waals surface area (Å²) in [5.41, 5.74) is 0.666. The third-order valence-electron chi connectivity index (χ3n) is 3.03. The van der Waals surface area contributed by atoms with Gasteiger partial charge in [-0.05, 0) is 59.0 Å². The van der Waals surface area contributed by atoms with Crippen LogP contribution in [0.3, 0.4) is 0 Å². The number of ether oxygens (including phenoxy) is 2. The van der Waals surface area contributed by atoms with Gasteiger partial charge in [-0.15, -0.1) is 5.10 Å². The van der Waals surface area contributed by atoms with E-state index >= 15 is 0 Å². The predicted octanol–water partition coefficient (Wildman–Crippen LogP) is 2.39. The van der Waals surface area contributed by atoms with E-state index in [0.717, 1.165) is 5.75 Å². The van der Waals surface area contributed by atoms with E-state index in [0.29, 0.717) is 17.3 Å². The van der Waals surface area contributed by atoms with Gasteiger partial charge < -0.3 is 9.47 Å². The summed E-state index contributed by atoms with van der Waals surface area (Å²) in [7, 11) is 1.60. The van der Waals surface area contributed by atoms with Crippen molar-refractivity contribution < 1.29 is 13.9 Å². The third-order valence-corrected chi connectivity index (χ3v) is 3.03. The van der Waals surface area contributed by atoms with Gasteiger partial charge in [0.05, 0.1) is 12.8 Å². The first-order valence-corrected chi connectivity index (χ1v) is 6.56. The minimum absolute atomic E-state index is 0.191. The number of methoxy groups -OCH3 is 1. The molecule has 0 spiro atoms. The molecule has 6 nitrogen and oxygen atoms in total. The smallest absolute Gasteiger partial charge is 0.194 e. The van der Waals surface area contributed by atoms with Crippen LogP contribution in [-0.2, 0) is 6.61 Å². The van der Waals surface area contributed by atoms with Crippen LogP contribution in [0.2, 0.25) is 0 Å². The van der Waals surface area contributed by atoms with Crippen LogP contribution in [0, 0.1) is 5.82 Å². The van der Waals surface area contributed by atoms with Crippen LogP contribution in [-0.4, -0.2) is 27.3 Å². The maximum Gasteiger partial charge on any atom is 0.194 e. The van der Waals surface area contributed by atoms with Crippen LogP contribution >= 0.6 is 0 Å². The molecule has 0 fully saturated rings.